The third-order valence-electron chi connectivity index (χ3n) is 4.64. The van der Waals surface area contributed by atoms with E-state index in [-0.39, 0.29) is 5.91 Å². The molecule has 2 aromatic heterocycles. The summed E-state index contributed by atoms with van der Waals surface area (Å²) in [5.74, 6) is -0.189. The molecule has 0 bridgehead atoms. The minimum atomic E-state index is -0.189. The van der Waals surface area contributed by atoms with Crippen LogP contribution in [0.25, 0.3) is 10.2 Å². The average molecular weight is 408 g/mol. The second kappa shape index (κ2) is 7.26. The monoisotopic (exact) mass is 407 g/mol. The van der Waals surface area contributed by atoms with E-state index in [0.29, 0.717) is 15.6 Å². The van der Waals surface area contributed by atoms with Gasteiger partial charge in [-0.1, -0.05) is 48.0 Å². The van der Waals surface area contributed by atoms with E-state index in [1.807, 2.05) is 74.5 Å². The molecule has 28 heavy (non-hydrogen) atoms. The zero-order chi connectivity index (χ0) is 19.8. The maximum Gasteiger partial charge on any atom is 0.275 e. The molecule has 4 aromatic rings. The summed E-state index contributed by atoms with van der Waals surface area (Å²) in [7, 11) is 0. The number of fused-ring (bicyclic) bond motifs is 1. The molecule has 0 saturated carbocycles. The van der Waals surface area contributed by atoms with Crippen molar-refractivity contribution >= 4 is 56.1 Å². The van der Waals surface area contributed by atoms with Crippen LogP contribution < -0.4 is 10.6 Å². The Balaban J connectivity index is 1.91. The topological polar surface area (TPSA) is 59.2 Å². The number of aromatic nitrogens is 1. The van der Waals surface area contributed by atoms with Gasteiger partial charge in [0.2, 0.25) is 0 Å². The SMILES string of the molecule is Cc1nc2sc(C(=O)N(c3ccccc3)c3ccccc3)c(N)c2c(C)c1Cl. The van der Waals surface area contributed by atoms with E-state index in [1.54, 1.807) is 4.90 Å². The molecule has 0 saturated heterocycles. The summed E-state index contributed by atoms with van der Waals surface area (Å²) in [6.45, 7) is 3.76. The minimum Gasteiger partial charge on any atom is -0.397 e. The lowest BCUT2D eigenvalue weighted by atomic mass is 10.1. The molecular weight excluding hydrogens is 390 g/mol. The quantitative estimate of drug-likeness (QED) is 0.444. The zero-order valence-electron chi connectivity index (χ0n) is 15.4. The van der Waals surface area contributed by atoms with E-state index >= 15 is 0 Å². The number of nitrogens with zero attached hydrogens (tertiary/aromatic N) is 2. The Morgan fingerprint density at radius 3 is 2.07 bits per heavy atom. The maximum absolute atomic E-state index is 13.6. The highest BCUT2D eigenvalue weighted by atomic mass is 35.5. The number of hydrogen-bond donors (Lipinski definition) is 1. The Bertz CT molecular complexity index is 1130. The van der Waals surface area contributed by atoms with Crippen LogP contribution >= 0.6 is 22.9 Å². The number of anilines is 3. The van der Waals surface area contributed by atoms with Gasteiger partial charge in [0.15, 0.2) is 0 Å². The fourth-order valence-corrected chi connectivity index (χ4v) is 4.52. The molecule has 2 aromatic carbocycles. The largest absolute Gasteiger partial charge is 0.397 e. The van der Waals surface area contributed by atoms with Crippen molar-refractivity contribution < 1.29 is 4.79 Å². The first-order valence-corrected chi connectivity index (χ1v) is 9.97. The summed E-state index contributed by atoms with van der Waals surface area (Å²) >= 11 is 7.66. The summed E-state index contributed by atoms with van der Waals surface area (Å²) in [4.78, 5) is 21.0. The van der Waals surface area contributed by atoms with Crippen molar-refractivity contribution in [2.75, 3.05) is 10.6 Å². The minimum absolute atomic E-state index is 0.189. The molecule has 140 valence electrons. The molecule has 0 aliphatic carbocycles. The lowest BCUT2D eigenvalue weighted by Crippen LogP contribution is -2.25. The molecular formula is C22H18ClN3OS. The molecule has 0 radical (unpaired) electrons. The first-order valence-electron chi connectivity index (χ1n) is 8.78. The van der Waals surface area contributed by atoms with Gasteiger partial charge in [-0.25, -0.2) is 4.98 Å². The number of halogens is 1. The summed E-state index contributed by atoms with van der Waals surface area (Å²) in [6.07, 6.45) is 0. The van der Waals surface area contributed by atoms with Gasteiger partial charge in [-0.3, -0.25) is 9.69 Å². The second-order valence-electron chi connectivity index (χ2n) is 6.47. The van der Waals surface area contributed by atoms with Crippen LogP contribution in [-0.4, -0.2) is 10.9 Å². The number of benzene rings is 2. The Kier molecular flexibility index (Phi) is 4.79. The van der Waals surface area contributed by atoms with Crippen LogP contribution in [-0.2, 0) is 0 Å². The van der Waals surface area contributed by atoms with Crippen molar-refractivity contribution in [3.8, 4) is 0 Å². The fourth-order valence-electron chi connectivity index (χ4n) is 3.25. The molecule has 6 heteroatoms. The van der Waals surface area contributed by atoms with Gasteiger partial charge in [0.05, 0.1) is 16.4 Å². The van der Waals surface area contributed by atoms with Gasteiger partial charge < -0.3 is 5.73 Å². The predicted octanol–water partition coefficient (Wildman–Crippen LogP) is 6.13. The van der Waals surface area contributed by atoms with Crippen LogP contribution in [0.3, 0.4) is 0 Å². The number of para-hydroxylation sites is 2. The van der Waals surface area contributed by atoms with Gasteiger partial charge in [-0.05, 0) is 43.7 Å². The van der Waals surface area contributed by atoms with Crippen molar-refractivity contribution in [3.05, 3.63) is 81.8 Å². The highest BCUT2D eigenvalue weighted by Crippen LogP contribution is 2.40. The fraction of sp³-hybridized carbons (Fsp3) is 0.0909. The number of thiophene rings is 1. The van der Waals surface area contributed by atoms with E-state index in [2.05, 4.69) is 4.98 Å². The van der Waals surface area contributed by atoms with Crippen LogP contribution in [0.1, 0.15) is 20.9 Å². The number of amides is 1. The zero-order valence-corrected chi connectivity index (χ0v) is 17.0. The first-order chi connectivity index (χ1) is 13.5. The van der Waals surface area contributed by atoms with Gasteiger partial charge in [-0.2, -0.15) is 0 Å². The average Bonchev–Trinajstić information content (AvgIpc) is 3.04. The number of nitrogen functional groups attached to an aromatic ring is 1. The second-order valence-corrected chi connectivity index (χ2v) is 7.85. The van der Waals surface area contributed by atoms with Gasteiger partial charge >= 0.3 is 0 Å². The van der Waals surface area contributed by atoms with E-state index in [4.69, 9.17) is 17.3 Å². The molecule has 0 spiro atoms. The van der Waals surface area contributed by atoms with E-state index in [9.17, 15) is 4.79 Å². The van der Waals surface area contributed by atoms with Crippen molar-refractivity contribution in [2.24, 2.45) is 0 Å². The van der Waals surface area contributed by atoms with Gasteiger partial charge in [0, 0.05) is 16.8 Å². The smallest absolute Gasteiger partial charge is 0.275 e. The molecule has 4 nitrogen and oxygen atoms in total. The number of hydrogen-bond acceptors (Lipinski definition) is 4. The van der Waals surface area contributed by atoms with Crippen molar-refractivity contribution in [2.45, 2.75) is 13.8 Å². The van der Waals surface area contributed by atoms with Gasteiger partial charge in [-0.15, -0.1) is 11.3 Å². The van der Waals surface area contributed by atoms with Crippen LogP contribution in [0.2, 0.25) is 5.02 Å². The molecule has 0 atom stereocenters. The molecule has 0 aliphatic rings. The Hall–Kier alpha value is -2.89. The highest BCUT2D eigenvalue weighted by molar-refractivity contribution is 7.21. The molecule has 0 aliphatic heterocycles. The molecule has 0 fully saturated rings. The van der Waals surface area contributed by atoms with Crippen molar-refractivity contribution in [1.82, 2.24) is 4.98 Å². The number of carbonyl (C=O) groups excluding carboxylic acids is 1. The van der Waals surface area contributed by atoms with Crippen LogP contribution in [0.15, 0.2) is 60.7 Å². The van der Waals surface area contributed by atoms with Crippen LogP contribution in [0.4, 0.5) is 17.1 Å². The summed E-state index contributed by atoms with van der Waals surface area (Å²) < 4.78 is 0. The number of nitrogens with two attached hydrogens (primary N) is 1. The number of rotatable bonds is 3. The lowest BCUT2D eigenvalue weighted by Gasteiger charge is -2.22. The van der Waals surface area contributed by atoms with E-state index < -0.39 is 0 Å². The van der Waals surface area contributed by atoms with E-state index in [0.717, 1.165) is 32.8 Å². The molecule has 2 N–H and O–H groups in total. The molecule has 0 unspecified atom stereocenters. The highest BCUT2D eigenvalue weighted by Gasteiger charge is 2.26. The lowest BCUT2D eigenvalue weighted by molar-refractivity contribution is 0.100. The third kappa shape index (κ3) is 3.03. The first kappa shape index (κ1) is 18.5. The molecule has 4 rings (SSSR count). The summed E-state index contributed by atoms with van der Waals surface area (Å²) in [6, 6.07) is 19.1. The van der Waals surface area contributed by atoms with Crippen molar-refractivity contribution in [1.29, 1.82) is 0 Å². The van der Waals surface area contributed by atoms with E-state index in [1.165, 1.54) is 11.3 Å². The number of aryl methyl sites for hydroxylation is 2. The normalized spacial score (nSPS) is 11.0. The van der Waals surface area contributed by atoms with Gasteiger partial charge in [0.1, 0.15) is 9.71 Å². The molecule has 1 amide bonds. The maximum atomic E-state index is 13.6. The van der Waals surface area contributed by atoms with Crippen LogP contribution in [0.5, 0.6) is 0 Å². The Labute approximate surface area is 172 Å². The Morgan fingerprint density at radius 2 is 1.54 bits per heavy atom. The summed E-state index contributed by atoms with van der Waals surface area (Å²) in [5, 5.41) is 1.34. The summed E-state index contributed by atoms with van der Waals surface area (Å²) in [5.41, 5.74) is 9.97. The standard InChI is InChI=1S/C22H18ClN3OS/c1-13-17-19(24)20(28-21(17)25-14(2)18(13)23)22(27)26(15-9-5-3-6-10-15)16-11-7-4-8-12-16/h3-12H,24H2,1-2H3. The molecule has 2 heterocycles. The Morgan fingerprint density at radius 1 is 1.00 bits per heavy atom. The van der Waals surface area contributed by atoms with Gasteiger partial charge in [0.25, 0.3) is 5.91 Å². The number of carbonyl (C=O) groups is 1. The predicted molar refractivity (Wildman–Crippen MR) is 118 cm³/mol. The number of pyridine rings is 1. The van der Waals surface area contributed by atoms with Crippen LogP contribution in [0, 0.1) is 13.8 Å². The third-order valence-corrected chi connectivity index (χ3v) is 6.29. The van der Waals surface area contributed by atoms with Crippen molar-refractivity contribution in [3.63, 3.8) is 0 Å².